The molecule has 0 bridgehead atoms. The molecule has 0 unspecified atom stereocenters. The third-order valence-corrected chi connectivity index (χ3v) is 6.39. The largest absolute Gasteiger partial charge is 0.496 e. The zero-order chi connectivity index (χ0) is 24.5. The number of carbonyl (C=O) groups excluding carboxylic acids is 1. The maximum Gasteiger partial charge on any atom is 0.387 e. The zero-order valence-electron chi connectivity index (χ0n) is 19.7. The van der Waals surface area contributed by atoms with Crippen LogP contribution in [0, 0.1) is 0 Å². The smallest absolute Gasteiger partial charge is 0.387 e. The highest BCUT2D eigenvalue weighted by Crippen LogP contribution is 2.37. The lowest BCUT2D eigenvalue weighted by Gasteiger charge is -2.29. The lowest BCUT2D eigenvalue weighted by atomic mass is 10.1. The Kier molecular flexibility index (Phi) is 6.46. The van der Waals surface area contributed by atoms with Crippen molar-refractivity contribution < 1.29 is 27.8 Å². The molecule has 1 aliphatic heterocycles. The Balaban J connectivity index is 1.46. The van der Waals surface area contributed by atoms with Gasteiger partial charge in [0.1, 0.15) is 34.6 Å². The third-order valence-electron chi connectivity index (χ3n) is 6.39. The summed E-state index contributed by atoms with van der Waals surface area (Å²) in [6, 6.07) is 6.82. The molecule has 1 aromatic carbocycles. The van der Waals surface area contributed by atoms with E-state index in [2.05, 4.69) is 22.2 Å². The summed E-state index contributed by atoms with van der Waals surface area (Å²) in [5.74, 6) is 0.133. The van der Waals surface area contributed by atoms with Gasteiger partial charge in [-0.3, -0.25) is 9.20 Å². The first-order valence-electron chi connectivity index (χ1n) is 11.7. The second-order valence-corrected chi connectivity index (χ2v) is 9.03. The van der Waals surface area contributed by atoms with Crippen molar-refractivity contribution in [2.24, 2.45) is 0 Å². The topological polar surface area (TPSA) is 77.3 Å². The molecule has 1 saturated heterocycles. The second kappa shape index (κ2) is 9.69. The highest BCUT2D eigenvalue weighted by atomic mass is 19.3. The van der Waals surface area contributed by atoms with E-state index < -0.39 is 12.5 Å². The number of aromatic nitrogens is 2. The molecule has 8 nitrogen and oxygen atoms in total. The van der Waals surface area contributed by atoms with Crippen molar-refractivity contribution in [3.63, 3.8) is 0 Å². The van der Waals surface area contributed by atoms with Crippen LogP contribution >= 0.6 is 0 Å². The standard InChI is InChI=1S/C25H28F2N4O4/c1-30-8-5-17(6-9-30)34-18-7-10-31-19(14-28-22(31)13-18)15-11-20(33-2)23(21(12-15)35-25(26)27)24(32)29-16-3-4-16/h7,10-14,16-17,25H,3-6,8-9H2,1-2H3,(H,29,32). The Morgan fingerprint density at radius 2 is 1.89 bits per heavy atom. The summed E-state index contributed by atoms with van der Waals surface area (Å²) in [5.41, 5.74) is 1.76. The van der Waals surface area contributed by atoms with Gasteiger partial charge in [0.15, 0.2) is 0 Å². The summed E-state index contributed by atoms with van der Waals surface area (Å²) >= 11 is 0. The number of hydrogen-bond donors (Lipinski definition) is 1. The maximum absolute atomic E-state index is 13.2. The fourth-order valence-electron chi connectivity index (χ4n) is 4.34. The van der Waals surface area contributed by atoms with Crippen LogP contribution < -0.4 is 19.5 Å². The first-order valence-corrected chi connectivity index (χ1v) is 11.7. The van der Waals surface area contributed by atoms with Crippen LogP contribution in [0.5, 0.6) is 17.2 Å². The first-order chi connectivity index (χ1) is 16.9. The molecule has 2 aliphatic rings. The van der Waals surface area contributed by atoms with E-state index in [1.165, 1.54) is 13.2 Å². The molecule has 0 atom stereocenters. The minimum atomic E-state index is -3.09. The number of benzene rings is 1. The van der Waals surface area contributed by atoms with Crippen LogP contribution in [-0.2, 0) is 0 Å². The van der Waals surface area contributed by atoms with Gasteiger partial charge < -0.3 is 24.4 Å². The number of piperidine rings is 1. The summed E-state index contributed by atoms with van der Waals surface area (Å²) in [7, 11) is 3.49. The van der Waals surface area contributed by atoms with Gasteiger partial charge in [0, 0.05) is 37.0 Å². The lowest BCUT2D eigenvalue weighted by molar-refractivity contribution is -0.0502. The molecule has 2 fully saturated rings. The van der Waals surface area contributed by atoms with Gasteiger partial charge in [-0.1, -0.05) is 0 Å². The van der Waals surface area contributed by atoms with Gasteiger partial charge in [-0.15, -0.1) is 0 Å². The van der Waals surface area contributed by atoms with E-state index in [1.807, 2.05) is 22.7 Å². The third kappa shape index (κ3) is 5.17. The van der Waals surface area contributed by atoms with Gasteiger partial charge >= 0.3 is 6.61 Å². The van der Waals surface area contributed by atoms with Crippen molar-refractivity contribution in [3.05, 3.63) is 42.2 Å². The normalized spacial score (nSPS) is 17.1. The highest BCUT2D eigenvalue weighted by molar-refractivity contribution is 6.01. The van der Waals surface area contributed by atoms with Gasteiger partial charge in [-0.2, -0.15) is 8.78 Å². The molecule has 0 spiro atoms. The van der Waals surface area contributed by atoms with Crippen LogP contribution in [-0.4, -0.2) is 66.2 Å². The Morgan fingerprint density at radius 1 is 1.14 bits per heavy atom. The molecule has 2 aromatic heterocycles. The number of fused-ring (bicyclic) bond motifs is 1. The SMILES string of the molecule is COc1cc(-c2cnc3cc(OC4CCN(C)CC4)ccn23)cc(OC(F)F)c1C(=O)NC1CC1. The van der Waals surface area contributed by atoms with Crippen LogP contribution in [0.4, 0.5) is 8.78 Å². The Hall–Kier alpha value is -3.40. The van der Waals surface area contributed by atoms with E-state index in [1.54, 1.807) is 12.3 Å². The zero-order valence-corrected chi connectivity index (χ0v) is 19.7. The van der Waals surface area contributed by atoms with E-state index in [-0.39, 0.29) is 29.2 Å². The van der Waals surface area contributed by atoms with Crippen molar-refractivity contribution >= 4 is 11.6 Å². The average molecular weight is 487 g/mol. The molecule has 0 radical (unpaired) electrons. The molecule has 1 N–H and O–H groups in total. The van der Waals surface area contributed by atoms with Crippen LogP contribution in [0.25, 0.3) is 16.9 Å². The van der Waals surface area contributed by atoms with E-state index in [0.717, 1.165) is 44.5 Å². The molecule has 35 heavy (non-hydrogen) atoms. The number of imidazole rings is 1. The van der Waals surface area contributed by atoms with Gasteiger partial charge in [-0.05, 0) is 50.9 Å². The molecule has 1 saturated carbocycles. The number of carbonyl (C=O) groups is 1. The summed E-state index contributed by atoms with van der Waals surface area (Å²) in [6.07, 6.45) is 7.29. The fourth-order valence-corrected chi connectivity index (χ4v) is 4.34. The monoisotopic (exact) mass is 486 g/mol. The molecular weight excluding hydrogens is 458 g/mol. The fraction of sp³-hybridized carbons (Fsp3) is 0.440. The number of alkyl halides is 2. The number of ether oxygens (including phenoxy) is 3. The minimum absolute atomic E-state index is 0.0499. The van der Waals surface area contributed by atoms with Crippen molar-refractivity contribution in [2.45, 2.75) is 44.4 Å². The predicted octanol–water partition coefficient (Wildman–Crippen LogP) is 3.98. The molecule has 186 valence electrons. The highest BCUT2D eigenvalue weighted by Gasteiger charge is 2.29. The van der Waals surface area contributed by atoms with Gasteiger partial charge in [0.05, 0.1) is 19.0 Å². The summed E-state index contributed by atoms with van der Waals surface area (Å²) in [5, 5.41) is 2.81. The Labute approximate surface area is 201 Å². The lowest BCUT2D eigenvalue weighted by Crippen LogP contribution is -2.35. The van der Waals surface area contributed by atoms with E-state index >= 15 is 0 Å². The van der Waals surface area contributed by atoms with Crippen LogP contribution in [0.2, 0.25) is 0 Å². The van der Waals surface area contributed by atoms with Crippen LogP contribution in [0.15, 0.2) is 36.7 Å². The molecule has 10 heteroatoms. The maximum atomic E-state index is 13.2. The molecule has 1 amide bonds. The van der Waals surface area contributed by atoms with Gasteiger partial charge in [0.2, 0.25) is 0 Å². The van der Waals surface area contributed by atoms with Gasteiger partial charge in [-0.25, -0.2) is 4.98 Å². The molecule has 5 rings (SSSR count). The Morgan fingerprint density at radius 3 is 2.57 bits per heavy atom. The van der Waals surface area contributed by atoms with Crippen molar-refractivity contribution in [3.8, 4) is 28.5 Å². The average Bonchev–Trinajstić information content (AvgIpc) is 3.54. The number of pyridine rings is 1. The van der Waals surface area contributed by atoms with E-state index in [0.29, 0.717) is 16.9 Å². The molecule has 3 aromatic rings. The predicted molar refractivity (Wildman–Crippen MR) is 125 cm³/mol. The van der Waals surface area contributed by atoms with Crippen LogP contribution in [0.3, 0.4) is 0 Å². The second-order valence-electron chi connectivity index (χ2n) is 9.03. The quantitative estimate of drug-likeness (QED) is 0.519. The summed E-state index contributed by atoms with van der Waals surface area (Å²) < 4.78 is 44.6. The number of likely N-dealkylation sites (tertiary alicyclic amines) is 1. The number of amides is 1. The van der Waals surface area contributed by atoms with E-state index in [4.69, 9.17) is 14.2 Å². The number of nitrogens with one attached hydrogen (secondary N) is 1. The summed E-state index contributed by atoms with van der Waals surface area (Å²) in [6.45, 7) is -1.09. The van der Waals surface area contributed by atoms with Crippen molar-refractivity contribution in [2.75, 3.05) is 27.2 Å². The van der Waals surface area contributed by atoms with Crippen molar-refractivity contribution in [1.82, 2.24) is 19.6 Å². The molecule has 1 aliphatic carbocycles. The number of halogens is 2. The first kappa shape index (κ1) is 23.3. The minimum Gasteiger partial charge on any atom is -0.496 e. The van der Waals surface area contributed by atoms with E-state index in [9.17, 15) is 13.6 Å². The molecular formula is C25H28F2N4O4. The summed E-state index contributed by atoms with van der Waals surface area (Å²) in [4.78, 5) is 19.5. The Bertz CT molecular complexity index is 1220. The number of hydrogen-bond acceptors (Lipinski definition) is 6. The number of rotatable bonds is 8. The van der Waals surface area contributed by atoms with Crippen LogP contribution in [0.1, 0.15) is 36.0 Å². The molecule has 3 heterocycles. The number of methoxy groups -OCH3 is 1. The number of nitrogens with zero attached hydrogens (tertiary/aromatic N) is 3. The van der Waals surface area contributed by atoms with Gasteiger partial charge in [0.25, 0.3) is 5.91 Å². The van der Waals surface area contributed by atoms with Crippen molar-refractivity contribution in [1.29, 1.82) is 0 Å².